The lowest BCUT2D eigenvalue weighted by atomic mass is 10.2. The lowest BCUT2D eigenvalue weighted by Crippen LogP contribution is -2.25. The van der Waals surface area contributed by atoms with E-state index in [0.717, 1.165) is 10.1 Å². The number of aryl methyl sites for hydroxylation is 2. The summed E-state index contributed by atoms with van der Waals surface area (Å²) in [7, 11) is -3.86. The molecule has 2 heterocycles. The van der Waals surface area contributed by atoms with E-state index in [4.69, 9.17) is 0 Å². The first-order valence-corrected chi connectivity index (χ1v) is 7.89. The molecule has 0 spiro atoms. The van der Waals surface area contributed by atoms with Gasteiger partial charge in [-0.05, 0) is 26.0 Å². The number of hydrogen-bond acceptors (Lipinski definition) is 5. The number of aromatic amines is 1. The van der Waals surface area contributed by atoms with Crippen molar-refractivity contribution in [1.82, 2.24) is 19.6 Å². The average molecular weight is 319 g/mol. The highest BCUT2D eigenvalue weighted by Gasteiger charge is 2.19. The Morgan fingerprint density at radius 3 is 2.55 bits per heavy atom. The summed E-state index contributed by atoms with van der Waals surface area (Å²) < 4.78 is 28.1. The molecule has 9 heteroatoms. The third-order valence-corrected chi connectivity index (χ3v) is 4.55. The second kappa shape index (κ2) is 4.95. The summed E-state index contributed by atoms with van der Waals surface area (Å²) in [5.41, 5.74) is 0.529. The van der Waals surface area contributed by atoms with Gasteiger partial charge in [0, 0.05) is 0 Å². The lowest BCUT2D eigenvalue weighted by Gasteiger charge is -2.09. The Balaban J connectivity index is 2.09. The maximum absolute atomic E-state index is 12.4. The largest absolute Gasteiger partial charge is 0.298 e. The predicted molar refractivity (Wildman–Crippen MR) is 80.3 cm³/mol. The van der Waals surface area contributed by atoms with Crippen LogP contribution in [0.15, 0.2) is 40.3 Å². The van der Waals surface area contributed by atoms with Crippen molar-refractivity contribution in [2.45, 2.75) is 18.7 Å². The molecule has 3 aromatic rings. The molecular formula is C13H13N5O3S. The Morgan fingerprint density at radius 1 is 1.18 bits per heavy atom. The van der Waals surface area contributed by atoms with Crippen LogP contribution in [-0.2, 0) is 10.0 Å². The zero-order chi connectivity index (χ0) is 15.9. The van der Waals surface area contributed by atoms with Crippen molar-refractivity contribution in [3.8, 4) is 0 Å². The standard InChI is InChI=1S/C13H13N5O3S/c1-8-3-5-10(6-4-8)22(20,21)17-11-9(2)16-13-14-7-15-18(13)12(11)19/h3-7,17H,1-2H3,(H,14,15,16). The van der Waals surface area contributed by atoms with E-state index in [-0.39, 0.29) is 22.1 Å². The highest BCUT2D eigenvalue weighted by Crippen LogP contribution is 2.16. The fourth-order valence-corrected chi connectivity index (χ4v) is 3.10. The highest BCUT2D eigenvalue weighted by atomic mass is 32.2. The summed E-state index contributed by atoms with van der Waals surface area (Å²) >= 11 is 0. The molecule has 2 N–H and O–H groups in total. The van der Waals surface area contributed by atoms with E-state index in [1.807, 2.05) is 6.92 Å². The monoisotopic (exact) mass is 319 g/mol. The Kier molecular flexibility index (Phi) is 3.21. The van der Waals surface area contributed by atoms with Gasteiger partial charge < -0.3 is 0 Å². The third kappa shape index (κ3) is 2.35. The SMILES string of the molecule is Cc1ccc(S(=O)(=O)Nc2c(C)nc3nc[nH]n3c2=O)cc1. The van der Waals surface area contributed by atoms with Crippen LogP contribution in [-0.4, -0.2) is 28.0 Å². The number of fused-ring (bicyclic) bond motifs is 1. The second-order valence-electron chi connectivity index (χ2n) is 4.82. The Morgan fingerprint density at radius 2 is 1.86 bits per heavy atom. The van der Waals surface area contributed by atoms with Crippen LogP contribution >= 0.6 is 0 Å². The fourth-order valence-electron chi connectivity index (χ4n) is 1.99. The van der Waals surface area contributed by atoms with Crippen molar-refractivity contribution < 1.29 is 8.42 Å². The molecule has 0 aliphatic heterocycles. The van der Waals surface area contributed by atoms with Gasteiger partial charge in [0.15, 0.2) is 0 Å². The van der Waals surface area contributed by atoms with Crippen LogP contribution in [0.1, 0.15) is 11.3 Å². The van der Waals surface area contributed by atoms with E-state index < -0.39 is 15.6 Å². The molecule has 0 amide bonds. The molecule has 0 bridgehead atoms. The summed E-state index contributed by atoms with van der Waals surface area (Å²) in [6.07, 6.45) is 1.31. The third-order valence-electron chi connectivity index (χ3n) is 3.18. The summed E-state index contributed by atoms with van der Waals surface area (Å²) in [6, 6.07) is 6.33. The number of nitrogens with one attached hydrogen (secondary N) is 2. The van der Waals surface area contributed by atoms with Crippen molar-refractivity contribution >= 4 is 21.5 Å². The molecular weight excluding hydrogens is 306 g/mol. The van der Waals surface area contributed by atoms with E-state index in [1.54, 1.807) is 19.1 Å². The molecule has 0 fully saturated rings. The van der Waals surface area contributed by atoms with Crippen LogP contribution in [0.5, 0.6) is 0 Å². The predicted octanol–water partition coefficient (Wildman–Crippen LogP) is 0.835. The van der Waals surface area contributed by atoms with E-state index in [9.17, 15) is 13.2 Å². The second-order valence-corrected chi connectivity index (χ2v) is 6.50. The zero-order valence-electron chi connectivity index (χ0n) is 11.9. The van der Waals surface area contributed by atoms with Crippen molar-refractivity contribution in [3.63, 3.8) is 0 Å². The van der Waals surface area contributed by atoms with Gasteiger partial charge in [0.1, 0.15) is 12.0 Å². The number of H-pyrrole nitrogens is 1. The molecule has 1 aromatic carbocycles. The van der Waals surface area contributed by atoms with E-state index in [0.29, 0.717) is 0 Å². The number of rotatable bonds is 3. The van der Waals surface area contributed by atoms with Gasteiger partial charge in [0.25, 0.3) is 21.4 Å². The van der Waals surface area contributed by atoms with Crippen LogP contribution in [0.25, 0.3) is 5.78 Å². The average Bonchev–Trinajstić information content (AvgIpc) is 2.92. The highest BCUT2D eigenvalue weighted by molar-refractivity contribution is 7.92. The van der Waals surface area contributed by atoms with Crippen molar-refractivity contribution in [2.24, 2.45) is 0 Å². The molecule has 3 rings (SSSR count). The number of nitrogens with zero attached hydrogens (tertiary/aromatic N) is 3. The molecule has 0 unspecified atom stereocenters. The number of sulfonamides is 1. The lowest BCUT2D eigenvalue weighted by molar-refractivity contribution is 0.601. The van der Waals surface area contributed by atoms with Crippen LogP contribution in [0.2, 0.25) is 0 Å². The topological polar surface area (TPSA) is 109 Å². The van der Waals surface area contributed by atoms with Gasteiger partial charge in [-0.2, -0.15) is 4.52 Å². The van der Waals surface area contributed by atoms with Crippen molar-refractivity contribution in [3.05, 3.63) is 52.2 Å². The first-order chi connectivity index (χ1) is 10.4. The summed E-state index contributed by atoms with van der Waals surface area (Å²) in [5, 5.41) is 2.58. The Bertz CT molecular complexity index is 1000. The van der Waals surface area contributed by atoms with Gasteiger partial charge in [-0.3, -0.25) is 14.6 Å². The molecule has 2 aromatic heterocycles. The van der Waals surface area contributed by atoms with Crippen LogP contribution in [0, 0.1) is 13.8 Å². The molecule has 0 aliphatic rings. The smallest absolute Gasteiger partial charge is 0.278 e. The molecule has 0 atom stereocenters. The van der Waals surface area contributed by atoms with Gasteiger partial charge in [-0.25, -0.2) is 18.4 Å². The number of aromatic nitrogens is 4. The zero-order valence-corrected chi connectivity index (χ0v) is 12.7. The molecule has 0 saturated carbocycles. The van der Waals surface area contributed by atoms with Gasteiger partial charge in [-0.1, -0.05) is 17.7 Å². The molecule has 22 heavy (non-hydrogen) atoms. The summed E-state index contributed by atoms with van der Waals surface area (Å²) in [5.74, 6) is 0.181. The molecule has 0 radical (unpaired) electrons. The number of benzene rings is 1. The van der Waals surface area contributed by atoms with E-state index >= 15 is 0 Å². The van der Waals surface area contributed by atoms with Gasteiger partial charge in [0.2, 0.25) is 0 Å². The molecule has 0 aliphatic carbocycles. The van der Waals surface area contributed by atoms with E-state index in [2.05, 4.69) is 19.8 Å². The minimum atomic E-state index is -3.86. The Labute approximate surface area is 125 Å². The van der Waals surface area contributed by atoms with Crippen LogP contribution in [0.4, 0.5) is 5.69 Å². The minimum absolute atomic E-state index is 0.0756. The number of hydrogen-bond donors (Lipinski definition) is 2. The Hall–Kier alpha value is -2.68. The van der Waals surface area contributed by atoms with Crippen LogP contribution < -0.4 is 10.3 Å². The number of anilines is 1. The molecule has 0 saturated heterocycles. The van der Waals surface area contributed by atoms with Gasteiger partial charge in [-0.15, -0.1) is 0 Å². The molecule has 114 valence electrons. The minimum Gasteiger partial charge on any atom is -0.278 e. The first-order valence-electron chi connectivity index (χ1n) is 6.41. The van der Waals surface area contributed by atoms with Crippen molar-refractivity contribution in [2.75, 3.05) is 4.72 Å². The normalized spacial score (nSPS) is 11.7. The van der Waals surface area contributed by atoms with Gasteiger partial charge >= 0.3 is 0 Å². The first kappa shape index (κ1) is 14.3. The summed E-state index contributed by atoms with van der Waals surface area (Å²) in [4.78, 5) is 20.3. The van der Waals surface area contributed by atoms with Gasteiger partial charge in [0.05, 0.1) is 10.6 Å². The molecule has 8 nitrogen and oxygen atoms in total. The quantitative estimate of drug-likeness (QED) is 0.743. The summed E-state index contributed by atoms with van der Waals surface area (Å²) in [6.45, 7) is 3.40. The van der Waals surface area contributed by atoms with Crippen molar-refractivity contribution in [1.29, 1.82) is 0 Å². The van der Waals surface area contributed by atoms with Crippen LogP contribution in [0.3, 0.4) is 0 Å². The van der Waals surface area contributed by atoms with E-state index in [1.165, 1.54) is 18.5 Å². The maximum Gasteiger partial charge on any atom is 0.298 e. The fraction of sp³-hybridized carbons (Fsp3) is 0.154. The maximum atomic E-state index is 12.4.